The maximum Gasteiger partial charge on any atom is 0.243 e. The summed E-state index contributed by atoms with van der Waals surface area (Å²) in [5.41, 5.74) is 2.92. The number of thioether (sulfide) groups is 1. The van der Waals surface area contributed by atoms with Gasteiger partial charge in [-0.2, -0.15) is 0 Å². The predicted octanol–water partition coefficient (Wildman–Crippen LogP) is 2.78. The molecule has 3 rings (SSSR count). The Kier molecular flexibility index (Phi) is 8.57. The van der Waals surface area contributed by atoms with Gasteiger partial charge in [0.25, 0.3) is 0 Å². The first-order chi connectivity index (χ1) is 14.6. The van der Waals surface area contributed by atoms with Crippen LogP contribution in [0.1, 0.15) is 56.4 Å². The lowest BCUT2D eigenvalue weighted by molar-refractivity contribution is -0.139. The predicted molar refractivity (Wildman–Crippen MR) is 115 cm³/mol. The fourth-order valence-electron chi connectivity index (χ4n) is 4.07. The first-order valence-corrected chi connectivity index (χ1v) is 11.8. The third-order valence-electron chi connectivity index (χ3n) is 5.87. The number of benzene rings is 1. The van der Waals surface area contributed by atoms with Crippen LogP contribution >= 0.6 is 11.8 Å². The van der Waals surface area contributed by atoms with Gasteiger partial charge in [-0.25, -0.2) is 5.48 Å². The van der Waals surface area contributed by atoms with Crippen LogP contribution in [-0.4, -0.2) is 64.7 Å². The van der Waals surface area contributed by atoms with Gasteiger partial charge in [0.15, 0.2) is 0 Å². The Morgan fingerprint density at radius 3 is 2.27 bits per heavy atom. The number of hydroxylamine groups is 1. The number of nitrogens with one attached hydrogen (secondary N) is 1. The van der Waals surface area contributed by atoms with E-state index in [1.54, 1.807) is 5.48 Å². The summed E-state index contributed by atoms with van der Waals surface area (Å²) in [5.74, 6) is 1.23. The molecule has 2 heterocycles. The van der Waals surface area contributed by atoms with Crippen molar-refractivity contribution in [3.8, 4) is 0 Å². The minimum absolute atomic E-state index is 0.149. The van der Waals surface area contributed by atoms with Crippen LogP contribution in [-0.2, 0) is 14.4 Å². The van der Waals surface area contributed by atoms with Gasteiger partial charge >= 0.3 is 0 Å². The van der Waals surface area contributed by atoms with Gasteiger partial charge in [-0.1, -0.05) is 31.0 Å². The van der Waals surface area contributed by atoms with E-state index in [-0.39, 0.29) is 17.7 Å². The largest absolute Gasteiger partial charge is 0.339 e. The van der Waals surface area contributed by atoms with Gasteiger partial charge in [0, 0.05) is 62.0 Å². The van der Waals surface area contributed by atoms with Crippen LogP contribution in [0.15, 0.2) is 29.2 Å². The molecule has 1 atom stereocenters. The number of fused-ring (bicyclic) bond motifs is 1. The zero-order valence-electron chi connectivity index (χ0n) is 17.3. The molecule has 1 aromatic carbocycles. The number of carbonyl (C=O) groups is 3. The molecular weight excluding hydrogens is 402 g/mol. The summed E-state index contributed by atoms with van der Waals surface area (Å²) in [5, 5.41) is 8.44. The van der Waals surface area contributed by atoms with E-state index in [1.807, 2.05) is 33.7 Å². The summed E-state index contributed by atoms with van der Waals surface area (Å²) < 4.78 is 0. The summed E-state index contributed by atoms with van der Waals surface area (Å²) in [4.78, 5) is 41.1. The van der Waals surface area contributed by atoms with E-state index in [0.717, 1.165) is 25.0 Å². The third kappa shape index (κ3) is 6.22. The summed E-state index contributed by atoms with van der Waals surface area (Å²) in [6.45, 7) is 2.44. The van der Waals surface area contributed by atoms with Crippen molar-refractivity contribution in [2.24, 2.45) is 0 Å². The van der Waals surface area contributed by atoms with E-state index in [1.165, 1.54) is 10.5 Å². The van der Waals surface area contributed by atoms with Crippen molar-refractivity contribution in [3.05, 3.63) is 29.8 Å². The number of hydrogen-bond donors (Lipinski definition) is 2. The Bertz CT molecular complexity index is 750. The highest BCUT2D eigenvalue weighted by atomic mass is 32.2. The molecule has 0 saturated carbocycles. The Morgan fingerprint density at radius 1 is 0.933 bits per heavy atom. The maximum atomic E-state index is 12.8. The average molecular weight is 434 g/mol. The van der Waals surface area contributed by atoms with Crippen LogP contribution in [0.3, 0.4) is 0 Å². The van der Waals surface area contributed by atoms with E-state index in [2.05, 4.69) is 12.1 Å². The molecule has 1 saturated heterocycles. The van der Waals surface area contributed by atoms with Crippen molar-refractivity contribution in [1.82, 2.24) is 15.3 Å². The van der Waals surface area contributed by atoms with Crippen LogP contribution in [0.25, 0.3) is 0 Å². The number of carbonyl (C=O) groups excluding carboxylic acids is 3. The Morgan fingerprint density at radius 2 is 1.57 bits per heavy atom. The number of rotatable bonds is 9. The maximum absolute atomic E-state index is 12.8. The number of piperazine rings is 1. The molecule has 164 valence electrons. The number of unbranched alkanes of at least 4 members (excludes halogenated alkanes) is 3. The minimum Gasteiger partial charge on any atom is -0.339 e. The van der Waals surface area contributed by atoms with E-state index in [4.69, 9.17) is 5.21 Å². The lowest BCUT2D eigenvalue weighted by atomic mass is 9.97. The highest BCUT2D eigenvalue weighted by Crippen LogP contribution is 2.41. The molecule has 3 amide bonds. The first kappa shape index (κ1) is 22.6. The van der Waals surface area contributed by atoms with Gasteiger partial charge in [0.1, 0.15) is 0 Å². The van der Waals surface area contributed by atoms with Crippen LogP contribution in [0.5, 0.6) is 0 Å². The van der Waals surface area contributed by atoms with E-state index in [9.17, 15) is 14.4 Å². The molecule has 1 fully saturated rings. The second-order valence-corrected chi connectivity index (χ2v) is 9.02. The molecule has 0 aliphatic carbocycles. The van der Waals surface area contributed by atoms with Crippen molar-refractivity contribution in [2.75, 3.05) is 31.9 Å². The van der Waals surface area contributed by atoms with Gasteiger partial charge in [0.2, 0.25) is 17.7 Å². The Hall–Kier alpha value is -2.06. The Labute approximate surface area is 182 Å². The number of hydrogen-bond acceptors (Lipinski definition) is 5. The lowest BCUT2D eigenvalue weighted by Gasteiger charge is -2.35. The van der Waals surface area contributed by atoms with Crippen molar-refractivity contribution in [2.45, 2.75) is 55.8 Å². The molecule has 1 aromatic rings. The normalized spacial score (nSPS) is 18.2. The topological polar surface area (TPSA) is 90.0 Å². The van der Waals surface area contributed by atoms with Gasteiger partial charge in [-0.15, -0.1) is 11.8 Å². The molecule has 1 unspecified atom stereocenters. The standard InChI is InChI=1S/C22H31N3O4S/c26-20(23-29)9-3-1-2-4-10-21(27)24-11-13-25(14-12-24)22(28)15-17-16-30-19-8-6-5-7-18(17)19/h5-8,17,29H,1-4,9-16H2,(H,23,26). The molecule has 2 N–H and O–H groups in total. The van der Waals surface area contributed by atoms with Gasteiger partial charge in [0.05, 0.1) is 0 Å². The van der Waals surface area contributed by atoms with Crippen LogP contribution in [0, 0.1) is 0 Å². The van der Waals surface area contributed by atoms with Crippen LogP contribution in [0.4, 0.5) is 0 Å². The van der Waals surface area contributed by atoms with Crippen molar-refractivity contribution in [1.29, 1.82) is 0 Å². The number of nitrogens with zero attached hydrogens (tertiary/aromatic N) is 2. The zero-order chi connectivity index (χ0) is 21.3. The molecular formula is C22H31N3O4S. The SMILES string of the molecule is O=C(CCCCCCC(=O)N1CCN(C(=O)CC2CSc3ccccc32)CC1)NO. The van der Waals surface area contributed by atoms with E-state index in [0.29, 0.717) is 57.8 Å². The second-order valence-electron chi connectivity index (χ2n) is 7.96. The summed E-state index contributed by atoms with van der Waals surface area (Å²) in [6.07, 6.45) is 4.65. The van der Waals surface area contributed by atoms with E-state index >= 15 is 0 Å². The smallest absolute Gasteiger partial charge is 0.243 e. The minimum atomic E-state index is -0.366. The molecule has 2 aliphatic heterocycles. The fourth-order valence-corrected chi connectivity index (χ4v) is 5.33. The molecule has 0 spiro atoms. The summed E-state index contributed by atoms with van der Waals surface area (Å²) >= 11 is 1.83. The fraction of sp³-hybridized carbons (Fsp3) is 0.591. The van der Waals surface area contributed by atoms with Gasteiger partial charge in [-0.05, 0) is 24.5 Å². The average Bonchev–Trinajstić information content (AvgIpc) is 3.18. The van der Waals surface area contributed by atoms with Crippen LogP contribution < -0.4 is 5.48 Å². The van der Waals surface area contributed by atoms with Crippen molar-refractivity contribution in [3.63, 3.8) is 0 Å². The first-order valence-electron chi connectivity index (χ1n) is 10.8. The van der Waals surface area contributed by atoms with Crippen molar-refractivity contribution >= 4 is 29.5 Å². The molecule has 0 radical (unpaired) electrons. The summed E-state index contributed by atoms with van der Waals surface area (Å²) in [6, 6.07) is 8.34. The zero-order valence-corrected chi connectivity index (χ0v) is 18.2. The molecule has 30 heavy (non-hydrogen) atoms. The highest BCUT2D eigenvalue weighted by Gasteiger charge is 2.29. The molecule has 7 nitrogen and oxygen atoms in total. The molecule has 0 bridgehead atoms. The lowest BCUT2D eigenvalue weighted by Crippen LogP contribution is -2.50. The third-order valence-corrected chi connectivity index (χ3v) is 7.13. The highest BCUT2D eigenvalue weighted by molar-refractivity contribution is 7.99. The molecule has 0 aromatic heterocycles. The van der Waals surface area contributed by atoms with Gasteiger partial charge in [-0.3, -0.25) is 19.6 Å². The Balaban J connectivity index is 1.32. The van der Waals surface area contributed by atoms with Gasteiger partial charge < -0.3 is 9.80 Å². The molecule has 8 heteroatoms. The second kappa shape index (κ2) is 11.4. The van der Waals surface area contributed by atoms with Crippen LogP contribution in [0.2, 0.25) is 0 Å². The molecule has 2 aliphatic rings. The quantitative estimate of drug-likeness (QED) is 0.355. The monoisotopic (exact) mass is 433 g/mol. The summed E-state index contributed by atoms with van der Waals surface area (Å²) in [7, 11) is 0. The number of amides is 3. The van der Waals surface area contributed by atoms with E-state index < -0.39 is 0 Å². The van der Waals surface area contributed by atoms with Crippen molar-refractivity contribution < 1.29 is 19.6 Å².